The van der Waals surface area contributed by atoms with E-state index in [2.05, 4.69) is 18.2 Å². The van der Waals surface area contributed by atoms with Crippen molar-refractivity contribution in [2.45, 2.75) is 0 Å². The van der Waals surface area contributed by atoms with Crippen LogP contribution in [-0.2, 0) is 0 Å². The Morgan fingerprint density at radius 2 is 1.79 bits per heavy atom. The zero-order valence-electron chi connectivity index (χ0n) is 7.28. The molecule has 0 N–H and O–H groups in total. The molecule has 0 aliphatic carbocycles. The highest BCUT2D eigenvalue weighted by atomic mass is 14.3. The van der Waals surface area contributed by atoms with Gasteiger partial charge in [0.1, 0.15) is 0 Å². The van der Waals surface area contributed by atoms with Crippen LogP contribution in [0.15, 0.2) is 30.3 Å². The topological polar surface area (TPSA) is 47.6 Å². The summed E-state index contributed by atoms with van der Waals surface area (Å²) in [4.78, 5) is 0. The first kappa shape index (κ1) is 8.29. The average Bonchev–Trinajstić information content (AvgIpc) is 2.27. The lowest BCUT2D eigenvalue weighted by Gasteiger charge is -1.99. The molecule has 63 valence electrons. The summed E-state index contributed by atoms with van der Waals surface area (Å²) in [5.74, 6) is 0. The number of nitrogens with zero attached hydrogens (tertiary/aromatic N) is 2. The third-order valence-corrected chi connectivity index (χ3v) is 2.07. The minimum atomic E-state index is 0.555. The average molecular weight is 177 g/mol. The van der Waals surface area contributed by atoms with Gasteiger partial charge in [0.15, 0.2) is 0 Å². The van der Waals surface area contributed by atoms with Gasteiger partial charge in [-0.05, 0) is 18.2 Å². The third kappa shape index (κ3) is 1.11. The van der Waals surface area contributed by atoms with Crippen LogP contribution in [0.2, 0.25) is 0 Å². The molecule has 0 amide bonds. The number of nitriles is 2. The van der Waals surface area contributed by atoms with E-state index in [0.29, 0.717) is 16.5 Å². The molecule has 0 saturated carbocycles. The molecule has 2 aromatic rings. The van der Waals surface area contributed by atoms with Crippen LogP contribution in [0.4, 0.5) is 0 Å². The Hall–Kier alpha value is -2.32. The highest BCUT2D eigenvalue weighted by molar-refractivity contribution is 5.91. The maximum absolute atomic E-state index is 8.85. The van der Waals surface area contributed by atoms with Crippen LogP contribution in [0.1, 0.15) is 11.1 Å². The fourth-order valence-corrected chi connectivity index (χ4v) is 1.42. The summed E-state index contributed by atoms with van der Waals surface area (Å²) >= 11 is 0. The Morgan fingerprint density at radius 1 is 1.00 bits per heavy atom. The van der Waals surface area contributed by atoms with Crippen molar-refractivity contribution in [2.75, 3.05) is 0 Å². The highest BCUT2D eigenvalue weighted by Gasteiger charge is 2.03. The van der Waals surface area contributed by atoms with Crippen LogP contribution in [0, 0.1) is 28.7 Å². The molecule has 2 aromatic carbocycles. The Bertz CT molecular complexity index is 518. The van der Waals surface area contributed by atoms with Crippen LogP contribution in [0.3, 0.4) is 0 Å². The van der Waals surface area contributed by atoms with E-state index >= 15 is 0 Å². The van der Waals surface area contributed by atoms with Gasteiger partial charge in [-0.15, -0.1) is 0 Å². The minimum absolute atomic E-state index is 0.555. The zero-order valence-corrected chi connectivity index (χ0v) is 7.28. The first-order valence-electron chi connectivity index (χ1n) is 4.10. The summed E-state index contributed by atoms with van der Waals surface area (Å²) < 4.78 is 0. The van der Waals surface area contributed by atoms with Crippen molar-refractivity contribution in [3.63, 3.8) is 0 Å². The number of fused-ring (bicyclic) bond motifs is 1. The largest absolute Gasteiger partial charge is 0.192 e. The summed E-state index contributed by atoms with van der Waals surface area (Å²) in [5, 5.41) is 19.2. The normalized spacial score (nSPS) is 9.29. The lowest BCUT2D eigenvalue weighted by Crippen LogP contribution is -1.83. The highest BCUT2D eigenvalue weighted by Crippen LogP contribution is 2.20. The molecule has 0 fully saturated rings. The molecule has 0 spiro atoms. The second kappa shape index (κ2) is 3.20. The van der Waals surface area contributed by atoms with E-state index in [9.17, 15) is 0 Å². The molecular formula is C12H5N2. The van der Waals surface area contributed by atoms with Crippen molar-refractivity contribution in [1.82, 2.24) is 0 Å². The van der Waals surface area contributed by atoms with E-state index in [4.69, 9.17) is 10.5 Å². The number of hydrogen-bond donors (Lipinski definition) is 0. The van der Waals surface area contributed by atoms with Crippen molar-refractivity contribution in [1.29, 1.82) is 10.5 Å². The van der Waals surface area contributed by atoms with E-state index in [1.807, 2.05) is 6.07 Å². The van der Waals surface area contributed by atoms with Gasteiger partial charge in [-0.3, -0.25) is 0 Å². The molecule has 2 nitrogen and oxygen atoms in total. The molecule has 2 rings (SSSR count). The number of rotatable bonds is 0. The van der Waals surface area contributed by atoms with Crippen LogP contribution < -0.4 is 0 Å². The lowest BCUT2D eigenvalue weighted by molar-refractivity contribution is 1.49. The van der Waals surface area contributed by atoms with Gasteiger partial charge >= 0.3 is 0 Å². The smallest absolute Gasteiger partial charge is 0.0998 e. The minimum Gasteiger partial charge on any atom is -0.192 e. The van der Waals surface area contributed by atoms with Crippen molar-refractivity contribution in [2.24, 2.45) is 0 Å². The van der Waals surface area contributed by atoms with Gasteiger partial charge in [0.25, 0.3) is 0 Å². The molecular weight excluding hydrogens is 172 g/mol. The third-order valence-electron chi connectivity index (χ3n) is 2.07. The SMILES string of the molecule is N#Cc1cccc2c(C#N)cc[c]c12. The van der Waals surface area contributed by atoms with Crippen molar-refractivity contribution in [3.8, 4) is 12.1 Å². The maximum atomic E-state index is 8.85. The summed E-state index contributed by atoms with van der Waals surface area (Å²) in [5.41, 5.74) is 1.13. The van der Waals surface area contributed by atoms with Gasteiger partial charge < -0.3 is 0 Å². The second-order valence-electron chi connectivity index (χ2n) is 2.84. The van der Waals surface area contributed by atoms with E-state index in [1.54, 1.807) is 24.3 Å². The standard InChI is InChI=1S/C12H5N2/c13-7-9-3-1-5-11-10(8-14)4-2-6-12(9)11/h1-5H. The lowest BCUT2D eigenvalue weighted by atomic mass is 10.0. The molecule has 0 heterocycles. The fraction of sp³-hybridized carbons (Fsp3) is 0. The Labute approximate surface area is 81.6 Å². The molecule has 0 saturated heterocycles. The molecule has 14 heavy (non-hydrogen) atoms. The van der Waals surface area contributed by atoms with Gasteiger partial charge in [0, 0.05) is 10.8 Å². The van der Waals surface area contributed by atoms with Crippen LogP contribution in [0.5, 0.6) is 0 Å². The molecule has 0 bridgehead atoms. The van der Waals surface area contributed by atoms with E-state index < -0.39 is 0 Å². The van der Waals surface area contributed by atoms with Gasteiger partial charge in [-0.25, -0.2) is 0 Å². The molecule has 2 heteroatoms. The van der Waals surface area contributed by atoms with Gasteiger partial charge in [-0.2, -0.15) is 10.5 Å². The second-order valence-corrected chi connectivity index (χ2v) is 2.84. The fourth-order valence-electron chi connectivity index (χ4n) is 1.42. The molecule has 0 aliphatic heterocycles. The number of hydrogen-bond acceptors (Lipinski definition) is 2. The molecule has 0 unspecified atom stereocenters. The monoisotopic (exact) mass is 177 g/mol. The van der Waals surface area contributed by atoms with Crippen LogP contribution in [-0.4, -0.2) is 0 Å². The predicted molar refractivity (Wildman–Crippen MR) is 52.2 cm³/mol. The summed E-state index contributed by atoms with van der Waals surface area (Å²) in [7, 11) is 0. The summed E-state index contributed by atoms with van der Waals surface area (Å²) in [6, 6.07) is 15.8. The van der Waals surface area contributed by atoms with Crippen LogP contribution in [0.25, 0.3) is 10.8 Å². The van der Waals surface area contributed by atoms with Crippen molar-refractivity contribution >= 4 is 10.8 Å². The predicted octanol–water partition coefficient (Wildman–Crippen LogP) is 2.38. The zero-order chi connectivity index (χ0) is 9.97. The van der Waals surface area contributed by atoms with Gasteiger partial charge in [0.05, 0.1) is 23.3 Å². The summed E-state index contributed by atoms with van der Waals surface area (Å²) in [6.45, 7) is 0. The first-order chi connectivity index (χ1) is 6.86. The Balaban J connectivity index is 2.95. The van der Waals surface area contributed by atoms with Crippen molar-refractivity contribution < 1.29 is 0 Å². The van der Waals surface area contributed by atoms with E-state index in [1.165, 1.54) is 0 Å². The molecule has 0 atom stereocenters. The summed E-state index contributed by atoms with van der Waals surface area (Å²) in [6.07, 6.45) is 0. The van der Waals surface area contributed by atoms with E-state index in [-0.39, 0.29) is 0 Å². The van der Waals surface area contributed by atoms with Crippen LogP contribution >= 0.6 is 0 Å². The quantitative estimate of drug-likeness (QED) is 0.620. The van der Waals surface area contributed by atoms with Gasteiger partial charge in [-0.1, -0.05) is 18.2 Å². The Kier molecular flexibility index (Phi) is 1.89. The molecule has 0 aromatic heterocycles. The van der Waals surface area contributed by atoms with E-state index in [0.717, 1.165) is 5.39 Å². The number of benzene rings is 2. The van der Waals surface area contributed by atoms with Gasteiger partial charge in [0.2, 0.25) is 0 Å². The first-order valence-corrected chi connectivity index (χ1v) is 4.10. The Morgan fingerprint density at radius 3 is 2.50 bits per heavy atom. The molecule has 0 aliphatic rings. The molecule has 1 radical (unpaired) electrons. The maximum Gasteiger partial charge on any atom is 0.0998 e. The van der Waals surface area contributed by atoms with Crippen molar-refractivity contribution in [3.05, 3.63) is 47.5 Å².